The third-order valence-corrected chi connectivity index (χ3v) is 3.61. The van der Waals surface area contributed by atoms with Crippen molar-refractivity contribution in [2.45, 2.75) is 0 Å². The highest BCUT2D eigenvalue weighted by Crippen LogP contribution is 2.38. The van der Waals surface area contributed by atoms with Gasteiger partial charge in [0.2, 0.25) is 0 Å². The van der Waals surface area contributed by atoms with Crippen LogP contribution in [0.25, 0.3) is 22.3 Å². The zero-order valence-corrected chi connectivity index (χ0v) is 11.9. The smallest absolute Gasteiger partial charge is 0.0564 e. The quantitative estimate of drug-likeness (QED) is 0.656. The van der Waals surface area contributed by atoms with Gasteiger partial charge in [-0.15, -0.1) is 0 Å². The predicted molar refractivity (Wildman–Crippen MR) is 82.9 cm³/mol. The summed E-state index contributed by atoms with van der Waals surface area (Å²) in [4.78, 5) is 8.24. The molecule has 4 heteroatoms. The first-order valence-corrected chi connectivity index (χ1v) is 6.81. The molecule has 20 heavy (non-hydrogen) atoms. The fraction of sp³-hybridized carbons (Fsp3) is 0. The molecule has 2 aromatic heterocycles. The average Bonchev–Trinajstić information content (AvgIpc) is 2.51. The van der Waals surface area contributed by atoms with Crippen LogP contribution in [0.1, 0.15) is 0 Å². The summed E-state index contributed by atoms with van der Waals surface area (Å²) in [5.41, 5.74) is 3.60. The van der Waals surface area contributed by atoms with E-state index in [0.717, 1.165) is 22.3 Å². The second-order valence-electron chi connectivity index (χ2n) is 4.30. The van der Waals surface area contributed by atoms with Crippen molar-refractivity contribution in [2.24, 2.45) is 0 Å². The number of rotatable bonds is 2. The van der Waals surface area contributed by atoms with E-state index in [1.807, 2.05) is 36.4 Å². The van der Waals surface area contributed by atoms with Gasteiger partial charge in [0.15, 0.2) is 0 Å². The van der Waals surface area contributed by atoms with Crippen LogP contribution in [0, 0.1) is 0 Å². The van der Waals surface area contributed by atoms with Gasteiger partial charge in [-0.05, 0) is 24.3 Å². The Hall–Kier alpha value is -1.90. The lowest BCUT2D eigenvalue weighted by atomic mass is 10.0. The number of halogens is 2. The summed E-state index contributed by atoms with van der Waals surface area (Å²) in [7, 11) is 0. The molecule has 1 aromatic carbocycles. The molecule has 3 rings (SSSR count). The third-order valence-electron chi connectivity index (χ3n) is 2.98. The van der Waals surface area contributed by atoms with Crippen LogP contribution in [-0.4, -0.2) is 9.97 Å². The number of hydrogen-bond donors (Lipinski definition) is 0. The van der Waals surface area contributed by atoms with Crippen LogP contribution < -0.4 is 0 Å². The highest BCUT2D eigenvalue weighted by Gasteiger charge is 2.12. The molecule has 0 unspecified atom stereocenters. The van der Waals surface area contributed by atoms with E-state index in [1.165, 1.54) is 0 Å². The van der Waals surface area contributed by atoms with Crippen LogP contribution in [0.15, 0.2) is 61.2 Å². The van der Waals surface area contributed by atoms with E-state index < -0.39 is 0 Å². The van der Waals surface area contributed by atoms with Crippen LogP contribution in [0.3, 0.4) is 0 Å². The van der Waals surface area contributed by atoms with Crippen molar-refractivity contribution in [3.05, 3.63) is 71.2 Å². The maximum atomic E-state index is 6.54. The molecule has 0 bridgehead atoms. The lowest BCUT2D eigenvalue weighted by Gasteiger charge is -2.11. The number of aromatic nitrogens is 2. The van der Waals surface area contributed by atoms with Crippen LogP contribution in [0.2, 0.25) is 10.0 Å². The van der Waals surface area contributed by atoms with Crippen molar-refractivity contribution < 1.29 is 0 Å². The van der Waals surface area contributed by atoms with E-state index in [1.54, 1.807) is 24.8 Å². The lowest BCUT2D eigenvalue weighted by molar-refractivity contribution is 1.32. The van der Waals surface area contributed by atoms with E-state index in [0.29, 0.717) is 10.0 Å². The fourth-order valence-electron chi connectivity index (χ4n) is 2.05. The van der Waals surface area contributed by atoms with E-state index in [2.05, 4.69) is 9.97 Å². The summed E-state index contributed by atoms with van der Waals surface area (Å²) >= 11 is 12.8. The van der Waals surface area contributed by atoms with E-state index >= 15 is 0 Å². The fourth-order valence-corrected chi connectivity index (χ4v) is 2.60. The molecule has 3 aromatic rings. The van der Waals surface area contributed by atoms with Gasteiger partial charge in [-0.2, -0.15) is 0 Å². The Kier molecular flexibility index (Phi) is 3.68. The summed E-state index contributed by atoms with van der Waals surface area (Å²) in [5.74, 6) is 0. The molecular formula is C16H10Cl2N2. The van der Waals surface area contributed by atoms with Crippen LogP contribution in [0.5, 0.6) is 0 Å². The Labute approximate surface area is 127 Å². The Bertz CT molecular complexity index is 667. The zero-order chi connectivity index (χ0) is 13.9. The lowest BCUT2D eigenvalue weighted by Crippen LogP contribution is -1.87. The number of benzene rings is 1. The zero-order valence-electron chi connectivity index (χ0n) is 10.4. The van der Waals surface area contributed by atoms with Crippen molar-refractivity contribution in [1.82, 2.24) is 9.97 Å². The maximum Gasteiger partial charge on any atom is 0.0564 e. The van der Waals surface area contributed by atoms with Crippen molar-refractivity contribution >= 4 is 23.2 Å². The Morgan fingerprint density at radius 1 is 0.750 bits per heavy atom. The molecule has 0 N–H and O–H groups in total. The van der Waals surface area contributed by atoms with Gasteiger partial charge in [-0.1, -0.05) is 35.3 Å². The first-order chi connectivity index (χ1) is 9.75. The Balaban J connectivity index is 2.22. The molecule has 98 valence electrons. The van der Waals surface area contributed by atoms with Crippen molar-refractivity contribution in [2.75, 3.05) is 0 Å². The number of nitrogens with zero attached hydrogens (tertiary/aromatic N) is 2. The molecule has 0 saturated heterocycles. The van der Waals surface area contributed by atoms with E-state index in [9.17, 15) is 0 Å². The molecule has 0 fully saturated rings. The van der Waals surface area contributed by atoms with Gasteiger partial charge in [0.1, 0.15) is 0 Å². The van der Waals surface area contributed by atoms with Crippen LogP contribution >= 0.6 is 23.2 Å². The highest BCUT2D eigenvalue weighted by atomic mass is 35.5. The predicted octanol–water partition coefficient (Wildman–Crippen LogP) is 5.12. The highest BCUT2D eigenvalue weighted by molar-refractivity contribution is 6.38. The molecule has 0 atom stereocenters. The molecule has 2 nitrogen and oxygen atoms in total. The minimum atomic E-state index is 0.632. The molecule has 2 heterocycles. The average molecular weight is 301 g/mol. The van der Waals surface area contributed by atoms with Gasteiger partial charge in [-0.25, -0.2) is 0 Å². The summed E-state index contributed by atoms with van der Waals surface area (Å²) in [6, 6.07) is 11.4. The summed E-state index contributed by atoms with van der Waals surface area (Å²) < 4.78 is 0. The normalized spacial score (nSPS) is 10.5. The Morgan fingerprint density at radius 2 is 1.25 bits per heavy atom. The summed E-state index contributed by atoms with van der Waals surface area (Å²) in [5, 5.41) is 1.28. The van der Waals surface area contributed by atoms with Gasteiger partial charge < -0.3 is 0 Å². The first kappa shape index (κ1) is 13.1. The van der Waals surface area contributed by atoms with Crippen LogP contribution in [0.4, 0.5) is 0 Å². The third kappa shape index (κ3) is 2.53. The molecule has 0 radical (unpaired) electrons. The molecule has 0 aliphatic heterocycles. The van der Waals surface area contributed by atoms with Gasteiger partial charge in [-0.3, -0.25) is 9.97 Å². The SMILES string of the molecule is Clc1cc(-c2cccnc2)c(Cl)c(-c2cccnc2)c1. The van der Waals surface area contributed by atoms with Crippen molar-refractivity contribution in [3.63, 3.8) is 0 Å². The van der Waals surface area contributed by atoms with Crippen molar-refractivity contribution in [3.8, 4) is 22.3 Å². The minimum absolute atomic E-state index is 0.632. The summed E-state index contributed by atoms with van der Waals surface area (Å²) in [6.07, 6.45) is 6.99. The van der Waals surface area contributed by atoms with Gasteiger partial charge >= 0.3 is 0 Å². The molecular weight excluding hydrogens is 291 g/mol. The molecule has 0 saturated carbocycles. The van der Waals surface area contributed by atoms with E-state index in [4.69, 9.17) is 23.2 Å². The molecule has 0 aliphatic carbocycles. The standard InChI is InChI=1S/C16H10Cl2N2/c17-13-7-14(11-3-1-5-19-9-11)16(18)15(8-13)12-4-2-6-20-10-12/h1-10H. The second kappa shape index (κ2) is 5.61. The van der Waals surface area contributed by atoms with Gasteiger partial charge in [0.25, 0.3) is 0 Å². The van der Waals surface area contributed by atoms with Gasteiger partial charge in [0.05, 0.1) is 5.02 Å². The number of hydrogen-bond acceptors (Lipinski definition) is 2. The molecule has 0 aliphatic rings. The number of pyridine rings is 2. The molecule has 0 spiro atoms. The van der Waals surface area contributed by atoms with Crippen molar-refractivity contribution in [1.29, 1.82) is 0 Å². The van der Waals surface area contributed by atoms with Crippen LogP contribution in [-0.2, 0) is 0 Å². The van der Waals surface area contributed by atoms with E-state index in [-0.39, 0.29) is 0 Å². The first-order valence-electron chi connectivity index (χ1n) is 6.05. The van der Waals surface area contributed by atoms with Gasteiger partial charge in [0, 0.05) is 52.1 Å². The maximum absolute atomic E-state index is 6.54. The topological polar surface area (TPSA) is 25.8 Å². The minimum Gasteiger partial charge on any atom is -0.264 e. The Morgan fingerprint density at radius 3 is 1.65 bits per heavy atom. The second-order valence-corrected chi connectivity index (χ2v) is 5.11. The molecule has 0 amide bonds. The summed E-state index contributed by atoms with van der Waals surface area (Å²) in [6.45, 7) is 0. The largest absolute Gasteiger partial charge is 0.264 e. The monoisotopic (exact) mass is 300 g/mol.